The molecule has 0 atom stereocenters. The Morgan fingerprint density at radius 3 is 2.39 bits per heavy atom. The molecule has 0 fully saturated rings. The number of hydrogen-bond donors (Lipinski definition) is 1. The molecule has 1 N–H and O–H groups in total. The standard InChI is InChI=1S/C8H3F5INO3/c9-6(10)4-5(18-8(11,12)13)3(7(16)17)2(14)1-15-4/h1,6H,(H,16,17). The largest absolute Gasteiger partial charge is 0.573 e. The van der Waals surface area contributed by atoms with Crippen molar-refractivity contribution in [2.24, 2.45) is 0 Å². The zero-order valence-corrected chi connectivity index (χ0v) is 10.3. The molecule has 18 heavy (non-hydrogen) atoms. The third-order valence-corrected chi connectivity index (χ3v) is 2.47. The summed E-state index contributed by atoms with van der Waals surface area (Å²) < 4.78 is 64.2. The molecule has 10 heteroatoms. The number of carboxylic acid groups (broad SMARTS) is 1. The van der Waals surface area contributed by atoms with Crippen molar-refractivity contribution in [3.05, 3.63) is 21.0 Å². The van der Waals surface area contributed by atoms with Crippen LogP contribution in [0, 0.1) is 3.57 Å². The molecular weight excluding hydrogens is 380 g/mol. The molecule has 0 aliphatic rings. The quantitative estimate of drug-likeness (QED) is 0.644. The molecule has 4 nitrogen and oxygen atoms in total. The van der Waals surface area contributed by atoms with E-state index >= 15 is 0 Å². The summed E-state index contributed by atoms with van der Waals surface area (Å²) in [4.78, 5) is 13.8. The minimum absolute atomic E-state index is 0.247. The highest BCUT2D eigenvalue weighted by Gasteiger charge is 2.37. The Morgan fingerprint density at radius 1 is 1.44 bits per heavy atom. The second-order valence-corrected chi connectivity index (χ2v) is 4.01. The molecule has 1 aromatic rings. The van der Waals surface area contributed by atoms with E-state index < -0.39 is 35.8 Å². The van der Waals surface area contributed by atoms with Gasteiger partial charge in [-0.3, -0.25) is 4.98 Å². The van der Waals surface area contributed by atoms with Crippen LogP contribution in [-0.2, 0) is 0 Å². The van der Waals surface area contributed by atoms with E-state index in [0.29, 0.717) is 0 Å². The van der Waals surface area contributed by atoms with Crippen molar-refractivity contribution in [3.63, 3.8) is 0 Å². The predicted octanol–water partition coefficient (Wildman–Crippen LogP) is 3.22. The Morgan fingerprint density at radius 2 is 2.00 bits per heavy atom. The van der Waals surface area contributed by atoms with Gasteiger partial charge in [0.1, 0.15) is 11.3 Å². The zero-order valence-electron chi connectivity index (χ0n) is 8.13. The summed E-state index contributed by atoms with van der Waals surface area (Å²) in [6, 6.07) is 0. The average molecular weight is 383 g/mol. The van der Waals surface area contributed by atoms with Gasteiger partial charge in [0.25, 0.3) is 6.43 Å². The van der Waals surface area contributed by atoms with Crippen LogP contribution in [0.4, 0.5) is 22.0 Å². The normalized spacial score (nSPS) is 11.7. The van der Waals surface area contributed by atoms with E-state index in [1.54, 1.807) is 0 Å². The number of carboxylic acids is 1. The summed E-state index contributed by atoms with van der Waals surface area (Å²) in [7, 11) is 0. The van der Waals surface area contributed by atoms with Crippen LogP contribution in [0.3, 0.4) is 0 Å². The summed E-state index contributed by atoms with van der Waals surface area (Å²) in [6.45, 7) is 0. The summed E-state index contributed by atoms with van der Waals surface area (Å²) in [5.41, 5.74) is -2.37. The monoisotopic (exact) mass is 383 g/mol. The fourth-order valence-electron chi connectivity index (χ4n) is 1.06. The van der Waals surface area contributed by atoms with Crippen molar-refractivity contribution in [2.75, 3.05) is 0 Å². The van der Waals surface area contributed by atoms with E-state index in [1.807, 2.05) is 0 Å². The minimum atomic E-state index is -5.29. The molecule has 0 bridgehead atoms. The number of halogens is 6. The van der Waals surface area contributed by atoms with Crippen LogP contribution in [0.1, 0.15) is 22.5 Å². The second-order valence-electron chi connectivity index (χ2n) is 2.85. The van der Waals surface area contributed by atoms with E-state index in [0.717, 1.165) is 6.20 Å². The van der Waals surface area contributed by atoms with Gasteiger partial charge in [0.15, 0.2) is 5.75 Å². The molecule has 1 heterocycles. The van der Waals surface area contributed by atoms with Gasteiger partial charge in [0.2, 0.25) is 0 Å². The molecule has 0 saturated heterocycles. The Balaban J connectivity index is 3.48. The van der Waals surface area contributed by atoms with Gasteiger partial charge in [-0.15, -0.1) is 13.2 Å². The summed E-state index contributed by atoms with van der Waals surface area (Å²) in [5.74, 6) is -3.31. The number of aromatic nitrogens is 1. The fourth-order valence-corrected chi connectivity index (χ4v) is 1.67. The first-order valence-electron chi connectivity index (χ1n) is 4.09. The van der Waals surface area contributed by atoms with Gasteiger partial charge in [-0.25, -0.2) is 13.6 Å². The minimum Gasteiger partial charge on any atom is -0.478 e. The predicted molar refractivity (Wildman–Crippen MR) is 55.6 cm³/mol. The van der Waals surface area contributed by atoms with Crippen molar-refractivity contribution >= 4 is 28.6 Å². The van der Waals surface area contributed by atoms with Crippen LogP contribution in [0.15, 0.2) is 6.20 Å². The topological polar surface area (TPSA) is 59.4 Å². The highest BCUT2D eigenvalue weighted by Crippen LogP contribution is 2.36. The number of nitrogens with zero attached hydrogens (tertiary/aromatic N) is 1. The summed E-state index contributed by atoms with van der Waals surface area (Å²) in [5, 5.41) is 8.72. The Labute approximate surface area is 110 Å². The lowest BCUT2D eigenvalue weighted by Crippen LogP contribution is -2.21. The molecule has 0 aromatic carbocycles. The number of ether oxygens (including phenoxy) is 1. The lowest BCUT2D eigenvalue weighted by molar-refractivity contribution is -0.275. The third-order valence-electron chi connectivity index (χ3n) is 1.65. The Kier molecular flexibility index (Phi) is 4.29. The lowest BCUT2D eigenvalue weighted by Gasteiger charge is -2.15. The van der Waals surface area contributed by atoms with E-state index in [1.165, 1.54) is 22.6 Å². The first-order chi connectivity index (χ1) is 8.13. The van der Waals surface area contributed by atoms with E-state index in [-0.39, 0.29) is 3.57 Å². The molecule has 0 aliphatic carbocycles. The van der Waals surface area contributed by atoms with E-state index in [9.17, 15) is 26.7 Å². The molecular formula is C8H3F5INO3. The first kappa shape index (κ1) is 14.9. The van der Waals surface area contributed by atoms with Gasteiger partial charge in [-0.1, -0.05) is 0 Å². The molecule has 0 spiro atoms. The van der Waals surface area contributed by atoms with Gasteiger partial charge in [-0.05, 0) is 22.6 Å². The van der Waals surface area contributed by atoms with Gasteiger partial charge < -0.3 is 9.84 Å². The molecule has 0 amide bonds. The number of pyridine rings is 1. The molecule has 0 saturated carbocycles. The van der Waals surface area contributed by atoms with Crippen molar-refractivity contribution in [2.45, 2.75) is 12.8 Å². The number of hydrogen-bond acceptors (Lipinski definition) is 3. The van der Waals surface area contributed by atoms with E-state index in [4.69, 9.17) is 5.11 Å². The van der Waals surface area contributed by atoms with Crippen molar-refractivity contribution in [3.8, 4) is 5.75 Å². The van der Waals surface area contributed by atoms with Gasteiger partial charge in [-0.2, -0.15) is 0 Å². The molecule has 0 aliphatic heterocycles. The lowest BCUT2D eigenvalue weighted by atomic mass is 10.2. The van der Waals surface area contributed by atoms with Crippen LogP contribution in [0.5, 0.6) is 5.75 Å². The van der Waals surface area contributed by atoms with Crippen LogP contribution in [-0.4, -0.2) is 22.4 Å². The van der Waals surface area contributed by atoms with Gasteiger partial charge >= 0.3 is 12.3 Å². The maximum absolute atomic E-state index is 12.5. The molecule has 0 radical (unpaired) electrons. The number of aromatic carboxylic acids is 1. The van der Waals surface area contributed by atoms with Crippen molar-refractivity contribution in [1.29, 1.82) is 0 Å². The van der Waals surface area contributed by atoms with Crippen LogP contribution in [0.25, 0.3) is 0 Å². The fraction of sp³-hybridized carbons (Fsp3) is 0.250. The smallest absolute Gasteiger partial charge is 0.478 e. The van der Waals surface area contributed by atoms with Crippen LogP contribution in [0.2, 0.25) is 0 Å². The maximum Gasteiger partial charge on any atom is 0.573 e. The Hall–Kier alpha value is -1.20. The SMILES string of the molecule is O=C(O)c1c(I)cnc(C(F)F)c1OC(F)(F)F. The third kappa shape index (κ3) is 3.40. The first-order valence-corrected chi connectivity index (χ1v) is 5.17. The number of alkyl halides is 5. The van der Waals surface area contributed by atoms with Gasteiger partial charge in [0.05, 0.1) is 0 Å². The molecule has 0 unspecified atom stereocenters. The van der Waals surface area contributed by atoms with Crippen LogP contribution >= 0.6 is 22.6 Å². The number of rotatable bonds is 3. The molecule has 1 aromatic heterocycles. The molecule has 100 valence electrons. The molecule has 1 rings (SSSR count). The highest BCUT2D eigenvalue weighted by atomic mass is 127. The van der Waals surface area contributed by atoms with Gasteiger partial charge in [0, 0.05) is 9.77 Å². The summed E-state index contributed by atoms with van der Waals surface area (Å²) in [6.07, 6.45) is -7.95. The second kappa shape index (κ2) is 5.20. The zero-order chi connectivity index (χ0) is 14.1. The average Bonchev–Trinajstić information content (AvgIpc) is 2.13. The summed E-state index contributed by atoms with van der Waals surface area (Å²) >= 11 is 1.36. The Bertz CT molecular complexity index is 477. The van der Waals surface area contributed by atoms with Crippen LogP contribution < -0.4 is 4.74 Å². The number of carbonyl (C=O) groups is 1. The van der Waals surface area contributed by atoms with E-state index in [2.05, 4.69) is 9.72 Å². The maximum atomic E-state index is 12.5. The van der Waals surface area contributed by atoms with Crippen molar-refractivity contribution in [1.82, 2.24) is 4.98 Å². The highest BCUT2D eigenvalue weighted by molar-refractivity contribution is 14.1. The van der Waals surface area contributed by atoms with Crippen molar-refractivity contribution < 1.29 is 36.6 Å².